The second-order valence-electron chi connectivity index (χ2n) is 5.46. The average molecular weight is 367 g/mol. The molecule has 0 spiro atoms. The van der Waals surface area contributed by atoms with Crippen LogP contribution in [0.25, 0.3) is 0 Å². The third kappa shape index (κ3) is 4.76. The van der Waals surface area contributed by atoms with Gasteiger partial charge in [-0.1, -0.05) is 17.7 Å². The highest BCUT2D eigenvalue weighted by atomic mass is 35.5. The molecule has 132 valence electrons. The summed E-state index contributed by atoms with van der Waals surface area (Å²) in [7, 11) is 0. The predicted molar refractivity (Wildman–Crippen MR) is 92.8 cm³/mol. The lowest BCUT2D eigenvalue weighted by atomic mass is 10.2. The number of likely N-dealkylation sites (N-methyl/N-ethyl adjacent to an activating group) is 1. The van der Waals surface area contributed by atoms with Gasteiger partial charge in [0.2, 0.25) is 5.91 Å². The van der Waals surface area contributed by atoms with Crippen molar-refractivity contribution in [2.24, 2.45) is 0 Å². The van der Waals surface area contributed by atoms with E-state index >= 15 is 0 Å². The Bertz CT molecular complexity index is 812. The Morgan fingerprint density at radius 3 is 2.48 bits per heavy atom. The first kappa shape index (κ1) is 18.9. The van der Waals surface area contributed by atoms with Gasteiger partial charge in [-0.3, -0.25) is 9.59 Å². The van der Waals surface area contributed by atoms with Gasteiger partial charge in [0.1, 0.15) is 6.54 Å². The lowest BCUT2D eigenvalue weighted by Crippen LogP contribution is -2.38. The molecule has 0 unspecified atom stereocenters. The van der Waals surface area contributed by atoms with E-state index < -0.39 is 23.4 Å². The molecule has 2 amide bonds. The van der Waals surface area contributed by atoms with Gasteiger partial charge in [0.05, 0.1) is 0 Å². The standard InChI is InChI=1S/C18H17ClF2N2O2/c1-3-23(18(25)12-5-7-14(20)15(21)8-12)10-17(24)22-16-9-13(19)6-4-11(16)2/h4-9H,3,10H2,1-2H3,(H,22,24). The minimum Gasteiger partial charge on any atom is -0.330 e. The van der Waals surface area contributed by atoms with E-state index in [0.29, 0.717) is 10.7 Å². The Morgan fingerprint density at radius 1 is 1.12 bits per heavy atom. The molecular weight excluding hydrogens is 350 g/mol. The number of anilines is 1. The predicted octanol–water partition coefficient (Wildman–Crippen LogP) is 4.03. The van der Waals surface area contributed by atoms with E-state index in [9.17, 15) is 18.4 Å². The molecule has 1 N–H and O–H groups in total. The van der Waals surface area contributed by atoms with Crippen LogP contribution in [0.3, 0.4) is 0 Å². The van der Waals surface area contributed by atoms with Crippen molar-refractivity contribution < 1.29 is 18.4 Å². The topological polar surface area (TPSA) is 49.4 Å². The van der Waals surface area contributed by atoms with Crippen molar-refractivity contribution in [3.8, 4) is 0 Å². The van der Waals surface area contributed by atoms with E-state index in [-0.39, 0.29) is 18.7 Å². The van der Waals surface area contributed by atoms with Gasteiger partial charge in [-0.25, -0.2) is 8.78 Å². The molecule has 0 atom stereocenters. The first-order valence-electron chi connectivity index (χ1n) is 7.62. The second-order valence-corrected chi connectivity index (χ2v) is 5.89. The fraction of sp³-hybridized carbons (Fsp3) is 0.222. The molecule has 0 aliphatic carbocycles. The molecule has 0 aromatic heterocycles. The molecular formula is C18H17ClF2N2O2. The highest BCUT2D eigenvalue weighted by molar-refractivity contribution is 6.31. The summed E-state index contributed by atoms with van der Waals surface area (Å²) >= 11 is 5.91. The van der Waals surface area contributed by atoms with Crippen molar-refractivity contribution in [2.75, 3.05) is 18.4 Å². The highest BCUT2D eigenvalue weighted by Crippen LogP contribution is 2.20. The summed E-state index contributed by atoms with van der Waals surface area (Å²) < 4.78 is 26.3. The highest BCUT2D eigenvalue weighted by Gasteiger charge is 2.19. The molecule has 2 aromatic rings. The van der Waals surface area contributed by atoms with Crippen LogP contribution in [-0.4, -0.2) is 29.8 Å². The van der Waals surface area contributed by atoms with Gasteiger partial charge >= 0.3 is 0 Å². The molecule has 7 heteroatoms. The molecule has 25 heavy (non-hydrogen) atoms. The number of nitrogens with zero attached hydrogens (tertiary/aromatic N) is 1. The summed E-state index contributed by atoms with van der Waals surface area (Å²) in [6.45, 7) is 3.52. The van der Waals surface area contributed by atoms with Gasteiger partial charge in [0.25, 0.3) is 5.91 Å². The summed E-state index contributed by atoms with van der Waals surface area (Å²) in [6.07, 6.45) is 0. The molecule has 0 radical (unpaired) electrons. The minimum absolute atomic E-state index is 0.0208. The largest absolute Gasteiger partial charge is 0.330 e. The summed E-state index contributed by atoms with van der Waals surface area (Å²) in [6, 6.07) is 7.97. The van der Waals surface area contributed by atoms with Crippen molar-refractivity contribution >= 4 is 29.1 Å². The Labute approximate surface area is 149 Å². The maximum absolute atomic E-state index is 13.3. The van der Waals surface area contributed by atoms with Crippen LogP contribution < -0.4 is 5.32 Å². The quantitative estimate of drug-likeness (QED) is 0.868. The number of rotatable bonds is 5. The monoisotopic (exact) mass is 366 g/mol. The number of nitrogens with one attached hydrogen (secondary N) is 1. The number of hydrogen-bond acceptors (Lipinski definition) is 2. The van der Waals surface area contributed by atoms with Crippen molar-refractivity contribution in [2.45, 2.75) is 13.8 Å². The normalized spacial score (nSPS) is 10.4. The number of carbonyl (C=O) groups excluding carboxylic acids is 2. The first-order valence-corrected chi connectivity index (χ1v) is 8.00. The van der Waals surface area contributed by atoms with E-state index in [2.05, 4.69) is 5.32 Å². The van der Waals surface area contributed by atoms with E-state index in [1.54, 1.807) is 25.1 Å². The van der Waals surface area contributed by atoms with Crippen molar-refractivity contribution in [1.82, 2.24) is 4.90 Å². The van der Waals surface area contributed by atoms with Crippen molar-refractivity contribution in [3.63, 3.8) is 0 Å². The zero-order chi connectivity index (χ0) is 18.6. The van der Waals surface area contributed by atoms with Crippen LogP contribution >= 0.6 is 11.6 Å². The molecule has 0 fully saturated rings. The summed E-state index contributed by atoms with van der Waals surface area (Å²) in [5, 5.41) is 3.17. The Morgan fingerprint density at radius 2 is 1.84 bits per heavy atom. The smallest absolute Gasteiger partial charge is 0.254 e. The second kappa shape index (κ2) is 8.07. The number of benzene rings is 2. The molecule has 0 saturated heterocycles. The van der Waals surface area contributed by atoms with Crippen LogP contribution in [0.2, 0.25) is 5.02 Å². The lowest BCUT2D eigenvalue weighted by Gasteiger charge is -2.21. The molecule has 0 aliphatic heterocycles. The fourth-order valence-corrected chi connectivity index (χ4v) is 2.40. The van der Waals surface area contributed by atoms with Crippen LogP contribution in [0.4, 0.5) is 14.5 Å². The number of amides is 2. The van der Waals surface area contributed by atoms with Crippen molar-refractivity contribution in [1.29, 1.82) is 0 Å². The van der Waals surface area contributed by atoms with Gasteiger partial charge in [0.15, 0.2) is 11.6 Å². The van der Waals surface area contributed by atoms with Gasteiger partial charge in [-0.2, -0.15) is 0 Å². The van der Waals surface area contributed by atoms with Crippen LogP contribution in [0, 0.1) is 18.6 Å². The third-order valence-electron chi connectivity index (χ3n) is 3.64. The summed E-state index contributed by atoms with van der Waals surface area (Å²) in [5.41, 5.74) is 1.36. The number of hydrogen-bond donors (Lipinski definition) is 1. The summed E-state index contributed by atoms with van der Waals surface area (Å²) in [4.78, 5) is 25.8. The molecule has 0 aliphatic rings. The fourth-order valence-electron chi connectivity index (χ4n) is 2.23. The first-order chi connectivity index (χ1) is 11.8. The average Bonchev–Trinajstić information content (AvgIpc) is 2.58. The molecule has 2 aromatic carbocycles. The summed E-state index contributed by atoms with van der Waals surface area (Å²) in [5.74, 6) is -3.11. The van der Waals surface area contributed by atoms with Crippen LogP contribution in [0.1, 0.15) is 22.8 Å². The maximum Gasteiger partial charge on any atom is 0.254 e. The van der Waals surface area contributed by atoms with Crippen LogP contribution in [-0.2, 0) is 4.79 Å². The van der Waals surface area contributed by atoms with Gasteiger partial charge in [-0.05, 0) is 49.7 Å². The Balaban J connectivity index is 2.10. The van der Waals surface area contributed by atoms with Crippen LogP contribution in [0.15, 0.2) is 36.4 Å². The molecule has 2 rings (SSSR count). The van der Waals surface area contributed by atoms with Crippen molar-refractivity contribution in [3.05, 3.63) is 64.2 Å². The molecule has 0 heterocycles. The van der Waals surface area contributed by atoms with Gasteiger partial charge in [-0.15, -0.1) is 0 Å². The van der Waals surface area contributed by atoms with Gasteiger partial charge in [0, 0.05) is 22.8 Å². The van der Waals surface area contributed by atoms with E-state index in [0.717, 1.165) is 17.7 Å². The van der Waals surface area contributed by atoms with E-state index in [4.69, 9.17) is 11.6 Å². The SMILES string of the molecule is CCN(CC(=O)Nc1cc(Cl)ccc1C)C(=O)c1ccc(F)c(F)c1. The number of carbonyl (C=O) groups is 2. The Kier molecular flexibility index (Phi) is 6.09. The maximum atomic E-state index is 13.3. The Hall–Kier alpha value is -2.47. The number of aryl methyl sites for hydroxylation is 1. The van der Waals surface area contributed by atoms with E-state index in [1.807, 2.05) is 6.92 Å². The van der Waals surface area contributed by atoms with Crippen LogP contribution in [0.5, 0.6) is 0 Å². The lowest BCUT2D eigenvalue weighted by molar-refractivity contribution is -0.116. The number of halogens is 3. The van der Waals surface area contributed by atoms with E-state index in [1.165, 1.54) is 11.0 Å². The molecule has 0 bridgehead atoms. The molecule has 0 saturated carbocycles. The third-order valence-corrected chi connectivity index (χ3v) is 3.88. The minimum atomic E-state index is -1.11. The molecule has 4 nitrogen and oxygen atoms in total. The zero-order valence-electron chi connectivity index (χ0n) is 13.8. The van der Waals surface area contributed by atoms with Gasteiger partial charge < -0.3 is 10.2 Å². The zero-order valence-corrected chi connectivity index (χ0v) is 14.5.